The molecule has 1 aromatic rings. The molecule has 0 spiro atoms. The molecule has 96 valence electrons. The number of amides is 2. The molecule has 0 radical (unpaired) electrons. The smallest absolute Gasteiger partial charge is 0.338 e. The van der Waals surface area contributed by atoms with Crippen molar-refractivity contribution in [1.82, 2.24) is 0 Å². The molecule has 2 amide bonds. The molecule has 2 heterocycles. The third-order valence-electron chi connectivity index (χ3n) is 2.50. The van der Waals surface area contributed by atoms with E-state index in [0.29, 0.717) is 6.42 Å². The van der Waals surface area contributed by atoms with Crippen LogP contribution in [-0.4, -0.2) is 34.4 Å². The molecule has 2 rings (SSSR count). The van der Waals surface area contributed by atoms with Gasteiger partial charge in [0.2, 0.25) is 11.8 Å². The highest BCUT2D eigenvalue weighted by Crippen LogP contribution is 2.34. The summed E-state index contributed by atoms with van der Waals surface area (Å²) in [4.78, 5) is 36.6. The van der Waals surface area contributed by atoms with Gasteiger partial charge in [-0.25, -0.2) is 9.69 Å². The van der Waals surface area contributed by atoms with Crippen LogP contribution < -0.4 is 4.90 Å². The van der Waals surface area contributed by atoms with E-state index in [2.05, 4.69) is 0 Å². The van der Waals surface area contributed by atoms with Crippen LogP contribution in [0.2, 0.25) is 0 Å². The van der Waals surface area contributed by atoms with Gasteiger partial charge >= 0.3 is 5.97 Å². The fourth-order valence-corrected chi connectivity index (χ4v) is 3.48. The molecule has 0 aromatic carbocycles. The molecule has 18 heavy (non-hydrogen) atoms. The minimum Gasteiger partial charge on any atom is -0.478 e. The highest BCUT2D eigenvalue weighted by atomic mass is 32.2. The minimum atomic E-state index is -1.11. The number of imide groups is 1. The molecule has 7 heteroatoms. The molecule has 0 atom stereocenters. The van der Waals surface area contributed by atoms with Crippen LogP contribution >= 0.6 is 23.1 Å². The van der Waals surface area contributed by atoms with E-state index in [1.807, 2.05) is 6.92 Å². The van der Waals surface area contributed by atoms with Gasteiger partial charge in [0.25, 0.3) is 0 Å². The molecular weight excluding hydrogens is 274 g/mol. The third-order valence-corrected chi connectivity index (χ3v) is 4.66. The Labute approximate surface area is 112 Å². The Bertz CT molecular complexity index is 507. The van der Waals surface area contributed by atoms with Crippen LogP contribution in [0.4, 0.5) is 5.00 Å². The maximum atomic E-state index is 11.8. The van der Waals surface area contributed by atoms with Crippen molar-refractivity contribution in [3.63, 3.8) is 0 Å². The van der Waals surface area contributed by atoms with Crippen LogP contribution in [0.3, 0.4) is 0 Å². The third kappa shape index (κ3) is 2.28. The Morgan fingerprint density at radius 2 is 2.00 bits per heavy atom. The maximum Gasteiger partial charge on any atom is 0.338 e. The number of thiophene rings is 1. The van der Waals surface area contributed by atoms with E-state index < -0.39 is 5.97 Å². The van der Waals surface area contributed by atoms with E-state index in [1.165, 1.54) is 29.2 Å². The van der Waals surface area contributed by atoms with Gasteiger partial charge in [0.1, 0.15) is 5.00 Å². The highest BCUT2D eigenvalue weighted by Gasteiger charge is 2.32. The Morgan fingerprint density at radius 1 is 1.39 bits per heavy atom. The van der Waals surface area contributed by atoms with Crippen LogP contribution in [0.5, 0.6) is 0 Å². The minimum absolute atomic E-state index is 0.0328. The second-order valence-electron chi connectivity index (χ2n) is 3.71. The molecule has 1 saturated heterocycles. The monoisotopic (exact) mass is 285 g/mol. The quantitative estimate of drug-likeness (QED) is 0.854. The summed E-state index contributed by atoms with van der Waals surface area (Å²) in [6.45, 7) is 1.90. The molecule has 1 N–H and O–H groups in total. The predicted octanol–water partition coefficient (Wildman–Crippen LogP) is 1.62. The number of rotatable bonds is 3. The molecule has 0 saturated carbocycles. The Kier molecular flexibility index (Phi) is 3.72. The first-order valence-corrected chi connectivity index (χ1v) is 7.31. The van der Waals surface area contributed by atoms with E-state index in [-0.39, 0.29) is 33.9 Å². The zero-order chi connectivity index (χ0) is 13.3. The van der Waals surface area contributed by atoms with E-state index in [9.17, 15) is 14.4 Å². The standard InChI is InChI=1S/C11H11NO4S2/c1-2-6-3-7(11(15)16)10(18-6)12-8(13)4-17-5-9(12)14/h3H,2,4-5H2,1H3,(H,15,16). The number of thioether (sulfide) groups is 1. The lowest BCUT2D eigenvalue weighted by Gasteiger charge is -2.23. The van der Waals surface area contributed by atoms with Crippen molar-refractivity contribution < 1.29 is 19.5 Å². The van der Waals surface area contributed by atoms with Gasteiger partial charge in [0.05, 0.1) is 17.1 Å². The molecule has 0 unspecified atom stereocenters. The van der Waals surface area contributed by atoms with Crippen molar-refractivity contribution in [3.05, 3.63) is 16.5 Å². The highest BCUT2D eigenvalue weighted by molar-refractivity contribution is 8.00. The number of hydrogen-bond acceptors (Lipinski definition) is 5. The van der Waals surface area contributed by atoms with Gasteiger partial charge in [-0.15, -0.1) is 23.1 Å². The summed E-state index contributed by atoms with van der Waals surface area (Å²) in [5.41, 5.74) is 0.0328. The average molecular weight is 285 g/mol. The SMILES string of the molecule is CCc1cc(C(=O)O)c(N2C(=O)CSCC2=O)s1. The summed E-state index contributed by atoms with van der Waals surface area (Å²) in [5, 5.41) is 9.37. The van der Waals surface area contributed by atoms with E-state index in [1.54, 1.807) is 0 Å². The molecule has 0 aliphatic carbocycles. The molecular formula is C11H11NO4S2. The fraction of sp³-hybridized carbons (Fsp3) is 0.364. The first-order valence-electron chi connectivity index (χ1n) is 5.34. The number of aromatic carboxylic acids is 1. The predicted molar refractivity (Wildman–Crippen MR) is 70.5 cm³/mol. The van der Waals surface area contributed by atoms with Crippen molar-refractivity contribution in [2.24, 2.45) is 0 Å². The van der Waals surface area contributed by atoms with Crippen molar-refractivity contribution in [2.45, 2.75) is 13.3 Å². The van der Waals surface area contributed by atoms with E-state index >= 15 is 0 Å². The number of hydrogen-bond donors (Lipinski definition) is 1. The summed E-state index contributed by atoms with van der Waals surface area (Å²) in [6.07, 6.45) is 0.677. The van der Waals surface area contributed by atoms with Gasteiger partial charge in [-0.1, -0.05) is 6.92 Å². The van der Waals surface area contributed by atoms with E-state index in [4.69, 9.17) is 5.11 Å². The van der Waals surface area contributed by atoms with Gasteiger partial charge in [0, 0.05) is 4.88 Å². The van der Waals surface area contributed by atoms with Crippen LogP contribution in [0, 0.1) is 0 Å². The zero-order valence-electron chi connectivity index (χ0n) is 9.63. The van der Waals surface area contributed by atoms with Gasteiger partial charge in [-0.2, -0.15) is 0 Å². The van der Waals surface area contributed by atoms with Crippen LogP contribution in [0.1, 0.15) is 22.2 Å². The summed E-state index contributed by atoms with van der Waals surface area (Å²) >= 11 is 2.45. The molecule has 1 aromatic heterocycles. The lowest BCUT2D eigenvalue weighted by molar-refractivity contribution is -0.124. The first kappa shape index (κ1) is 13.1. The van der Waals surface area contributed by atoms with Crippen molar-refractivity contribution in [1.29, 1.82) is 0 Å². The van der Waals surface area contributed by atoms with Crippen LogP contribution in [0.25, 0.3) is 0 Å². The van der Waals surface area contributed by atoms with E-state index in [0.717, 1.165) is 9.78 Å². The number of carbonyl (C=O) groups excluding carboxylic acids is 2. The molecule has 5 nitrogen and oxygen atoms in total. The largest absolute Gasteiger partial charge is 0.478 e. The zero-order valence-corrected chi connectivity index (χ0v) is 11.3. The second-order valence-corrected chi connectivity index (χ2v) is 5.81. The van der Waals surface area contributed by atoms with Gasteiger partial charge in [-0.05, 0) is 12.5 Å². The van der Waals surface area contributed by atoms with Crippen LogP contribution in [-0.2, 0) is 16.0 Å². The average Bonchev–Trinajstić information content (AvgIpc) is 2.73. The number of carboxylic acids is 1. The Hall–Kier alpha value is -1.34. The van der Waals surface area contributed by atoms with Gasteiger partial charge in [-0.3, -0.25) is 9.59 Å². The normalized spacial score (nSPS) is 16.2. The van der Waals surface area contributed by atoms with Crippen molar-refractivity contribution >= 4 is 45.9 Å². The van der Waals surface area contributed by atoms with Crippen molar-refractivity contribution in [2.75, 3.05) is 16.4 Å². The lowest BCUT2D eigenvalue weighted by Crippen LogP contribution is -2.43. The van der Waals surface area contributed by atoms with Crippen LogP contribution in [0.15, 0.2) is 6.07 Å². The number of anilines is 1. The first-order chi connectivity index (χ1) is 8.54. The summed E-state index contributed by atoms with van der Waals surface area (Å²) < 4.78 is 0. The summed E-state index contributed by atoms with van der Waals surface area (Å²) in [6, 6.07) is 1.53. The van der Waals surface area contributed by atoms with Gasteiger partial charge < -0.3 is 5.11 Å². The summed E-state index contributed by atoms with van der Waals surface area (Å²) in [5.74, 6) is -1.37. The number of aryl methyl sites for hydroxylation is 1. The Morgan fingerprint density at radius 3 is 2.50 bits per heavy atom. The summed E-state index contributed by atoms with van der Waals surface area (Å²) in [7, 11) is 0. The van der Waals surface area contributed by atoms with Crippen molar-refractivity contribution in [3.8, 4) is 0 Å². The molecule has 1 aliphatic heterocycles. The maximum absolute atomic E-state index is 11.8. The second kappa shape index (κ2) is 5.11. The fourth-order valence-electron chi connectivity index (χ4n) is 1.65. The number of carbonyl (C=O) groups is 3. The molecule has 0 bridgehead atoms. The van der Waals surface area contributed by atoms with Gasteiger partial charge in [0.15, 0.2) is 0 Å². The molecule has 1 fully saturated rings. The molecule has 1 aliphatic rings. The topological polar surface area (TPSA) is 74.7 Å². The Balaban J connectivity index is 2.48. The lowest BCUT2D eigenvalue weighted by atomic mass is 10.2. The number of carboxylic acid groups (broad SMARTS) is 1. The number of nitrogens with zero attached hydrogens (tertiary/aromatic N) is 1.